The SMILES string of the molecule is Cc1ccccc1C(=O)NC(=O)NSc1ccc2oc(-c3ccccc3C)nc2c1. The van der Waals surface area contributed by atoms with Crippen molar-refractivity contribution in [2.45, 2.75) is 18.7 Å². The molecular weight excluding hydrogens is 398 g/mol. The molecule has 0 atom stereocenters. The number of amides is 3. The van der Waals surface area contributed by atoms with Gasteiger partial charge in [0.15, 0.2) is 5.58 Å². The molecule has 0 spiro atoms. The van der Waals surface area contributed by atoms with Gasteiger partial charge in [-0.25, -0.2) is 9.78 Å². The smallest absolute Gasteiger partial charge is 0.331 e. The van der Waals surface area contributed by atoms with E-state index in [0.717, 1.165) is 33.5 Å². The van der Waals surface area contributed by atoms with Gasteiger partial charge in [0.05, 0.1) is 0 Å². The highest BCUT2D eigenvalue weighted by molar-refractivity contribution is 7.98. The van der Waals surface area contributed by atoms with Gasteiger partial charge in [-0.1, -0.05) is 36.4 Å². The van der Waals surface area contributed by atoms with Gasteiger partial charge in [0.25, 0.3) is 5.91 Å². The van der Waals surface area contributed by atoms with Gasteiger partial charge in [-0.05, 0) is 67.3 Å². The fourth-order valence-electron chi connectivity index (χ4n) is 3.03. The zero-order valence-electron chi connectivity index (χ0n) is 16.4. The Balaban J connectivity index is 1.43. The lowest BCUT2D eigenvalue weighted by atomic mass is 10.1. The molecule has 0 saturated carbocycles. The topological polar surface area (TPSA) is 84.2 Å². The van der Waals surface area contributed by atoms with Crippen LogP contribution >= 0.6 is 11.9 Å². The molecular formula is C23H19N3O3S. The Kier molecular flexibility index (Phi) is 5.54. The van der Waals surface area contributed by atoms with Gasteiger partial charge in [0, 0.05) is 16.0 Å². The van der Waals surface area contributed by atoms with Crippen molar-refractivity contribution in [2.75, 3.05) is 0 Å². The zero-order valence-corrected chi connectivity index (χ0v) is 17.2. The van der Waals surface area contributed by atoms with E-state index in [2.05, 4.69) is 15.0 Å². The van der Waals surface area contributed by atoms with Crippen LogP contribution in [0.5, 0.6) is 0 Å². The normalized spacial score (nSPS) is 10.7. The highest BCUT2D eigenvalue weighted by atomic mass is 32.2. The van der Waals surface area contributed by atoms with E-state index in [9.17, 15) is 9.59 Å². The third-order valence-electron chi connectivity index (χ3n) is 4.61. The highest BCUT2D eigenvalue weighted by Gasteiger charge is 2.14. The van der Waals surface area contributed by atoms with Gasteiger partial charge in [-0.15, -0.1) is 0 Å². The number of hydrogen-bond acceptors (Lipinski definition) is 5. The van der Waals surface area contributed by atoms with Crippen LogP contribution in [0.4, 0.5) is 4.79 Å². The second-order valence-electron chi connectivity index (χ2n) is 6.77. The fraction of sp³-hybridized carbons (Fsp3) is 0.0870. The lowest BCUT2D eigenvalue weighted by molar-refractivity contribution is 0.0965. The van der Waals surface area contributed by atoms with E-state index in [4.69, 9.17) is 4.42 Å². The molecule has 3 amide bonds. The summed E-state index contributed by atoms with van der Waals surface area (Å²) in [4.78, 5) is 29.7. The predicted molar refractivity (Wildman–Crippen MR) is 117 cm³/mol. The summed E-state index contributed by atoms with van der Waals surface area (Å²) in [7, 11) is 0. The molecule has 0 bridgehead atoms. The average molecular weight is 417 g/mol. The minimum Gasteiger partial charge on any atom is -0.436 e. The Bertz CT molecular complexity index is 1250. The Morgan fingerprint density at radius 1 is 0.933 bits per heavy atom. The van der Waals surface area contributed by atoms with Crippen molar-refractivity contribution in [1.82, 2.24) is 15.0 Å². The quantitative estimate of drug-likeness (QED) is 0.443. The van der Waals surface area contributed by atoms with Gasteiger partial charge in [0.1, 0.15) is 5.52 Å². The van der Waals surface area contributed by atoms with Crippen LogP contribution in [0.15, 0.2) is 76.0 Å². The molecule has 2 N–H and O–H groups in total. The van der Waals surface area contributed by atoms with E-state index in [1.807, 2.05) is 68.4 Å². The number of nitrogens with one attached hydrogen (secondary N) is 2. The fourth-order valence-corrected chi connectivity index (χ4v) is 3.60. The van der Waals surface area contributed by atoms with Gasteiger partial charge < -0.3 is 4.42 Å². The Hall–Kier alpha value is -3.58. The van der Waals surface area contributed by atoms with Gasteiger partial charge in [-0.3, -0.25) is 14.8 Å². The zero-order chi connectivity index (χ0) is 21.1. The maximum Gasteiger partial charge on any atom is 0.331 e. The molecule has 6 nitrogen and oxygen atoms in total. The number of rotatable bonds is 4. The van der Waals surface area contributed by atoms with E-state index >= 15 is 0 Å². The Morgan fingerprint density at radius 2 is 1.67 bits per heavy atom. The van der Waals surface area contributed by atoms with Crippen LogP contribution in [-0.4, -0.2) is 16.9 Å². The van der Waals surface area contributed by atoms with Gasteiger partial charge >= 0.3 is 6.03 Å². The van der Waals surface area contributed by atoms with Crippen molar-refractivity contribution in [3.63, 3.8) is 0 Å². The van der Waals surface area contributed by atoms with E-state index in [1.54, 1.807) is 12.1 Å². The third-order valence-corrected chi connectivity index (χ3v) is 5.39. The number of urea groups is 1. The summed E-state index contributed by atoms with van der Waals surface area (Å²) in [6, 6.07) is 19.8. The number of aromatic nitrogens is 1. The molecule has 0 saturated heterocycles. The van der Waals surface area contributed by atoms with E-state index in [-0.39, 0.29) is 0 Å². The summed E-state index contributed by atoms with van der Waals surface area (Å²) in [5, 5.41) is 2.33. The van der Waals surface area contributed by atoms with E-state index in [1.165, 1.54) is 0 Å². The summed E-state index contributed by atoms with van der Waals surface area (Å²) < 4.78 is 8.48. The minimum absolute atomic E-state index is 0.443. The molecule has 30 heavy (non-hydrogen) atoms. The maximum absolute atomic E-state index is 12.2. The first-order valence-electron chi connectivity index (χ1n) is 9.31. The minimum atomic E-state index is -0.589. The lowest BCUT2D eigenvalue weighted by Gasteiger charge is -2.07. The molecule has 0 radical (unpaired) electrons. The number of oxazole rings is 1. The molecule has 4 rings (SSSR count). The van der Waals surface area contributed by atoms with E-state index in [0.29, 0.717) is 22.6 Å². The number of imide groups is 1. The Labute approximate surface area is 177 Å². The molecule has 1 heterocycles. The number of hydrogen-bond donors (Lipinski definition) is 2. The van der Waals surface area contributed by atoms with Crippen molar-refractivity contribution in [2.24, 2.45) is 0 Å². The number of carbonyl (C=O) groups is 2. The predicted octanol–water partition coefficient (Wildman–Crippen LogP) is 5.26. The van der Waals surface area contributed by atoms with Crippen LogP contribution in [0.3, 0.4) is 0 Å². The standard InChI is InChI=1S/C23H19N3O3S/c1-14-7-3-5-9-17(14)21(27)25-23(28)26-30-16-11-12-20-19(13-16)24-22(29-20)18-10-6-4-8-15(18)2/h3-13H,1-2H3,(H2,25,26,27,28). The molecule has 7 heteroatoms. The highest BCUT2D eigenvalue weighted by Crippen LogP contribution is 2.28. The second-order valence-corrected chi connectivity index (χ2v) is 7.65. The second kappa shape index (κ2) is 8.42. The van der Waals surface area contributed by atoms with Gasteiger partial charge in [-0.2, -0.15) is 0 Å². The number of nitrogens with zero attached hydrogens (tertiary/aromatic N) is 1. The lowest BCUT2D eigenvalue weighted by Crippen LogP contribution is -2.36. The molecule has 0 fully saturated rings. The summed E-state index contributed by atoms with van der Waals surface area (Å²) in [6.07, 6.45) is 0. The molecule has 0 aliphatic rings. The van der Waals surface area contributed by atoms with Crippen molar-refractivity contribution in [3.05, 3.63) is 83.4 Å². The Morgan fingerprint density at radius 3 is 2.43 bits per heavy atom. The van der Waals surface area contributed by atoms with Crippen LogP contribution in [0, 0.1) is 13.8 Å². The number of benzene rings is 3. The first-order chi connectivity index (χ1) is 14.5. The summed E-state index contributed by atoms with van der Waals surface area (Å²) in [5.41, 5.74) is 4.64. The summed E-state index contributed by atoms with van der Waals surface area (Å²) >= 11 is 1.10. The molecule has 4 aromatic rings. The van der Waals surface area contributed by atoms with Crippen LogP contribution in [0.25, 0.3) is 22.6 Å². The van der Waals surface area contributed by atoms with Crippen molar-refractivity contribution < 1.29 is 14.0 Å². The monoisotopic (exact) mass is 417 g/mol. The van der Waals surface area contributed by atoms with Crippen molar-refractivity contribution in [1.29, 1.82) is 0 Å². The van der Waals surface area contributed by atoms with Gasteiger partial charge in [0.2, 0.25) is 5.89 Å². The first kappa shape index (κ1) is 19.7. The maximum atomic E-state index is 12.2. The van der Waals surface area contributed by atoms with Crippen LogP contribution in [0.2, 0.25) is 0 Å². The number of carbonyl (C=O) groups excluding carboxylic acids is 2. The molecule has 150 valence electrons. The third kappa shape index (κ3) is 4.21. The summed E-state index contributed by atoms with van der Waals surface area (Å²) in [6.45, 7) is 3.83. The first-order valence-corrected chi connectivity index (χ1v) is 10.1. The van der Waals surface area contributed by atoms with Crippen molar-refractivity contribution in [3.8, 4) is 11.5 Å². The number of aryl methyl sites for hydroxylation is 2. The largest absolute Gasteiger partial charge is 0.436 e. The van der Waals surface area contributed by atoms with Crippen LogP contribution < -0.4 is 10.0 Å². The summed E-state index contributed by atoms with van der Waals surface area (Å²) in [5.74, 6) is 0.112. The molecule has 3 aromatic carbocycles. The molecule has 0 unspecified atom stereocenters. The molecule has 0 aliphatic heterocycles. The average Bonchev–Trinajstić information content (AvgIpc) is 3.16. The van der Waals surface area contributed by atoms with E-state index < -0.39 is 11.9 Å². The molecule has 1 aromatic heterocycles. The van der Waals surface area contributed by atoms with Crippen molar-refractivity contribution >= 4 is 35.0 Å². The van der Waals surface area contributed by atoms with Crippen LogP contribution in [-0.2, 0) is 0 Å². The molecule has 0 aliphatic carbocycles. The number of fused-ring (bicyclic) bond motifs is 1. The van der Waals surface area contributed by atoms with Crippen LogP contribution in [0.1, 0.15) is 21.5 Å².